The van der Waals surface area contributed by atoms with Crippen LogP contribution in [0.25, 0.3) is 0 Å². The molecule has 1 saturated carbocycles. The molecule has 0 atom stereocenters. The van der Waals surface area contributed by atoms with Gasteiger partial charge in [-0.2, -0.15) is 4.98 Å². The lowest BCUT2D eigenvalue weighted by atomic mass is 9.96. The minimum atomic E-state index is -0.109. The van der Waals surface area contributed by atoms with Crippen LogP contribution in [0, 0.1) is 11.8 Å². The van der Waals surface area contributed by atoms with Gasteiger partial charge in [-0.1, -0.05) is 23.4 Å². The van der Waals surface area contributed by atoms with Crippen molar-refractivity contribution in [2.75, 3.05) is 5.32 Å². The lowest BCUT2D eigenvalue weighted by Gasteiger charge is -2.22. The summed E-state index contributed by atoms with van der Waals surface area (Å²) in [5.41, 5.74) is 1.30. The molecule has 0 aliphatic heterocycles. The summed E-state index contributed by atoms with van der Waals surface area (Å²) in [6, 6.07) is 7.14. The van der Waals surface area contributed by atoms with Gasteiger partial charge in [0, 0.05) is 23.4 Å². The predicted octanol–water partition coefficient (Wildman–Crippen LogP) is 3.79. The summed E-state index contributed by atoms with van der Waals surface area (Å²) in [6.07, 6.45) is 4.18. The molecule has 1 fully saturated rings. The third-order valence-corrected chi connectivity index (χ3v) is 4.15. The monoisotopic (exact) mass is 397 g/mol. The minimum Gasteiger partial charge on any atom is -0.473 e. The molecule has 28 heavy (non-hydrogen) atoms. The van der Waals surface area contributed by atoms with Gasteiger partial charge < -0.3 is 4.74 Å². The van der Waals surface area contributed by atoms with E-state index in [0.29, 0.717) is 48.6 Å². The van der Waals surface area contributed by atoms with E-state index in [0.717, 1.165) is 5.56 Å². The Morgan fingerprint density at radius 3 is 2.50 bits per heavy atom. The van der Waals surface area contributed by atoms with E-state index in [1.807, 2.05) is 12.1 Å². The zero-order valence-electron chi connectivity index (χ0n) is 15.3. The first-order valence-electron chi connectivity index (χ1n) is 8.67. The summed E-state index contributed by atoms with van der Waals surface area (Å²) >= 11 is 5.87. The van der Waals surface area contributed by atoms with Crippen molar-refractivity contribution in [3.63, 3.8) is 0 Å². The summed E-state index contributed by atoms with van der Waals surface area (Å²) in [5.74, 6) is 6.69. The Morgan fingerprint density at radius 2 is 1.86 bits per heavy atom. The molecule has 0 radical (unpaired) electrons. The highest BCUT2D eigenvalue weighted by molar-refractivity contribution is 6.30. The molecule has 1 heterocycles. The van der Waals surface area contributed by atoms with Crippen LogP contribution < -0.4 is 10.1 Å². The van der Waals surface area contributed by atoms with Gasteiger partial charge >= 0.3 is 0 Å². The number of ketones is 1. The molecule has 3 rings (SSSR count). The molecule has 1 aromatic heterocycles. The third kappa shape index (κ3) is 6.22. The van der Waals surface area contributed by atoms with Gasteiger partial charge in [0.1, 0.15) is 17.5 Å². The van der Waals surface area contributed by atoms with E-state index >= 15 is 0 Å². The first-order chi connectivity index (χ1) is 13.6. The SMILES string of the molecule is C=C.O=CNc1ncc(C#Cc2ccc(Cl)cc2)c(OC2CCC(=O)CC2)n1. The molecule has 6 nitrogen and oxygen atoms in total. The highest BCUT2D eigenvalue weighted by Gasteiger charge is 2.21. The summed E-state index contributed by atoms with van der Waals surface area (Å²) in [4.78, 5) is 30.3. The number of benzene rings is 1. The van der Waals surface area contributed by atoms with E-state index in [9.17, 15) is 9.59 Å². The van der Waals surface area contributed by atoms with Crippen LogP contribution in [-0.2, 0) is 9.59 Å². The molecule has 1 aromatic carbocycles. The van der Waals surface area contributed by atoms with Crippen LogP contribution in [0.5, 0.6) is 5.88 Å². The number of anilines is 1. The molecule has 0 bridgehead atoms. The third-order valence-electron chi connectivity index (χ3n) is 3.90. The van der Waals surface area contributed by atoms with Crippen LogP contribution in [0.15, 0.2) is 43.6 Å². The maximum Gasteiger partial charge on any atom is 0.234 e. The second-order valence-electron chi connectivity index (χ2n) is 5.79. The Balaban J connectivity index is 0.00000136. The fraction of sp³-hybridized carbons (Fsp3) is 0.238. The van der Waals surface area contributed by atoms with E-state index in [1.54, 1.807) is 12.1 Å². The van der Waals surface area contributed by atoms with Gasteiger partial charge in [0.15, 0.2) is 0 Å². The fourth-order valence-corrected chi connectivity index (χ4v) is 2.65. The second-order valence-corrected chi connectivity index (χ2v) is 6.22. The van der Waals surface area contributed by atoms with E-state index in [1.165, 1.54) is 6.20 Å². The van der Waals surface area contributed by atoms with E-state index in [-0.39, 0.29) is 17.8 Å². The molecule has 1 N–H and O–H groups in total. The summed E-state index contributed by atoms with van der Waals surface area (Å²) in [7, 11) is 0. The lowest BCUT2D eigenvalue weighted by Crippen LogP contribution is -2.25. The molecule has 0 spiro atoms. The number of nitrogens with one attached hydrogen (secondary N) is 1. The van der Waals surface area contributed by atoms with E-state index in [2.05, 4.69) is 40.3 Å². The quantitative estimate of drug-likeness (QED) is 0.482. The Labute approximate surface area is 169 Å². The predicted molar refractivity (Wildman–Crippen MR) is 108 cm³/mol. The van der Waals surface area contributed by atoms with Crippen molar-refractivity contribution in [2.24, 2.45) is 0 Å². The number of hydrogen-bond acceptors (Lipinski definition) is 5. The maximum atomic E-state index is 11.4. The Bertz CT molecular complexity index is 878. The van der Waals surface area contributed by atoms with Crippen LogP contribution >= 0.6 is 11.6 Å². The normalized spacial score (nSPS) is 13.4. The fourth-order valence-electron chi connectivity index (χ4n) is 2.53. The number of carbonyl (C=O) groups is 2. The van der Waals surface area contributed by atoms with Crippen molar-refractivity contribution in [1.29, 1.82) is 0 Å². The minimum absolute atomic E-state index is 0.109. The highest BCUT2D eigenvalue weighted by Crippen LogP contribution is 2.23. The lowest BCUT2D eigenvalue weighted by molar-refractivity contribution is -0.121. The van der Waals surface area contributed by atoms with Gasteiger partial charge in [0.05, 0.1) is 6.20 Å². The number of aromatic nitrogens is 2. The molecule has 0 unspecified atom stereocenters. The highest BCUT2D eigenvalue weighted by atomic mass is 35.5. The van der Waals surface area contributed by atoms with Crippen molar-refractivity contribution in [1.82, 2.24) is 9.97 Å². The molecule has 1 amide bonds. The molecular formula is C21H20ClN3O3. The number of hydrogen-bond donors (Lipinski definition) is 1. The number of carbonyl (C=O) groups excluding carboxylic acids is 2. The van der Waals surface area contributed by atoms with Gasteiger partial charge in [-0.3, -0.25) is 14.9 Å². The maximum absolute atomic E-state index is 11.4. The van der Waals surface area contributed by atoms with Crippen LogP contribution in [0.1, 0.15) is 36.8 Å². The van der Waals surface area contributed by atoms with Gasteiger partial charge in [0.2, 0.25) is 18.2 Å². The number of halogens is 1. The molecule has 144 valence electrons. The number of amides is 1. The van der Waals surface area contributed by atoms with Crippen LogP contribution in [0.4, 0.5) is 5.95 Å². The molecular weight excluding hydrogens is 378 g/mol. The van der Waals surface area contributed by atoms with Crippen molar-refractivity contribution in [3.8, 4) is 17.7 Å². The van der Waals surface area contributed by atoms with Crippen molar-refractivity contribution >= 4 is 29.7 Å². The molecule has 1 aliphatic rings. The standard InChI is InChI=1S/C19H16ClN3O3.C2H4/c20-15-5-2-13(3-6-15)1-4-14-11-21-19(22-12-24)23-18(14)26-17-9-7-16(25)8-10-17;1-2/h2-3,5-6,11-12,17H,7-10H2,(H,21,22,23,24);1-2H2. The topological polar surface area (TPSA) is 81.2 Å². The first-order valence-corrected chi connectivity index (χ1v) is 9.05. The zero-order valence-corrected chi connectivity index (χ0v) is 16.0. The number of rotatable bonds is 4. The van der Waals surface area contributed by atoms with Gasteiger partial charge in [-0.15, -0.1) is 13.2 Å². The van der Waals surface area contributed by atoms with Gasteiger partial charge in [-0.05, 0) is 37.1 Å². The number of nitrogens with zero attached hydrogens (tertiary/aromatic N) is 2. The molecule has 7 heteroatoms. The van der Waals surface area contributed by atoms with Crippen LogP contribution in [0.2, 0.25) is 5.02 Å². The number of Topliss-reactive ketones (excluding diaryl/α,β-unsaturated/α-hetero) is 1. The van der Waals surface area contributed by atoms with E-state index < -0.39 is 0 Å². The Morgan fingerprint density at radius 1 is 1.18 bits per heavy atom. The van der Waals surface area contributed by atoms with Gasteiger partial charge in [-0.25, -0.2) is 4.98 Å². The van der Waals surface area contributed by atoms with E-state index in [4.69, 9.17) is 16.3 Å². The molecule has 2 aromatic rings. The average molecular weight is 398 g/mol. The second kappa shape index (κ2) is 10.9. The van der Waals surface area contributed by atoms with Crippen molar-refractivity contribution in [3.05, 3.63) is 59.8 Å². The summed E-state index contributed by atoms with van der Waals surface area (Å²) in [6.45, 7) is 6.00. The van der Waals surface area contributed by atoms with Gasteiger partial charge in [0.25, 0.3) is 0 Å². The zero-order chi connectivity index (χ0) is 20.4. The molecule has 0 saturated heterocycles. The summed E-state index contributed by atoms with van der Waals surface area (Å²) < 4.78 is 5.95. The Hall–Kier alpha value is -3.17. The molecule has 1 aliphatic carbocycles. The van der Waals surface area contributed by atoms with Crippen molar-refractivity contribution < 1.29 is 14.3 Å². The van der Waals surface area contributed by atoms with Crippen LogP contribution in [0.3, 0.4) is 0 Å². The average Bonchev–Trinajstić information content (AvgIpc) is 2.72. The first kappa shape index (κ1) is 21.1. The largest absolute Gasteiger partial charge is 0.473 e. The van der Waals surface area contributed by atoms with Crippen LogP contribution in [-0.4, -0.2) is 28.3 Å². The van der Waals surface area contributed by atoms with Crippen molar-refractivity contribution in [2.45, 2.75) is 31.8 Å². The number of ether oxygens (including phenoxy) is 1. The summed E-state index contributed by atoms with van der Waals surface area (Å²) in [5, 5.41) is 3.04. The smallest absolute Gasteiger partial charge is 0.234 e. The Kier molecular flexibility index (Phi) is 8.19.